The fraction of sp³-hybridized carbons (Fsp3) is 0.500. The number of carboxylic acid groups (broad SMARTS) is 1. The minimum Gasteiger partial charge on any atom is -0.481 e. The van der Waals surface area contributed by atoms with Crippen LogP contribution in [0.3, 0.4) is 0 Å². The van der Waals surface area contributed by atoms with Crippen LogP contribution in [0.4, 0.5) is 0 Å². The molecule has 0 fully saturated rings. The van der Waals surface area contributed by atoms with Gasteiger partial charge in [-0.1, -0.05) is 24.3 Å². The van der Waals surface area contributed by atoms with Crippen LogP contribution in [-0.4, -0.2) is 11.1 Å². The highest BCUT2D eigenvalue weighted by Crippen LogP contribution is 2.00. The molecule has 12 heavy (non-hydrogen) atoms. The Morgan fingerprint density at radius 1 is 1.42 bits per heavy atom. The third-order valence-electron chi connectivity index (χ3n) is 1.55. The summed E-state index contributed by atoms with van der Waals surface area (Å²) in [5, 5.41) is 8.52. The molecular formula is C10H16O2. The van der Waals surface area contributed by atoms with E-state index >= 15 is 0 Å². The van der Waals surface area contributed by atoms with Gasteiger partial charge >= 0.3 is 5.97 Å². The van der Waals surface area contributed by atoms with Crippen LogP contribution < -0.4 is 0 Å². The minimum absolute atomic E-state index is 0.365. The molecule has 0 bridgehead atoms. The van der Waals surface area contributed by atoms with Gasteiger partial charge in [0.15, 0.2) is 0 Å². The molecule has 1 atom stereocenters. The molecule has 0 aromatic rings. The van der Waals surface area contributed by atoms with Crippen molar-refractivity contribution in [3.05, 3.63) is 24.3 Å². The Morgan fingerprint density at radius 3 is 2.50 bits per heavy atom. The monoisotopic (exact) mass is 168 g/mol. The Bertz CT molecular complexity index is 180. The van der Waals surface area contributed by atoms with Gasteiger partial charge in [-0.15, -0.1) is 0 Å². The smallest absolute Gasteiger partial charge is 0.310 e. The van der Waals surface area contributed by atoms with E-state index in [1.165, 1.54) is 0 Å². The average molecular weight is 168 g/mol. The topological polar surface area (TPSA) is 37.3 Å². The zero-order valence-electron chi connectivity index (χ0n) is 7.66. The highest BCUT2D eigenvalue weighted by Gasteiger charge is 2.03. The number of hydrogen-bond acceptors (Lipinski definition) is 1. The molecule has 0 aromatic heterocycles. The van der Waals surface area contributed by atoms with Gasteiger partial charge < -0.3 is 5.11 Å². The van der Waals surface area contributed by atoms with E-state index < -0.39 is 5.97 Å². The first-order valence-corrected chi connectivity index (χ1v) is 4.19. The van der Waals surface area contributed by atoms with E-state index in [4.69, 9.17) is 5.11 Å². The van der Waals surface area contributed by atoms with E-state index in [1.807, 2.05) is 19.1 Å². The second-order valence-corrected chi connectivity index (χ2v) is 2.70. The van der Waals surface area contributed by atoms with Crippen LogP contribution in [0.25, 0.3) is 0 Å². The third kappa shape index (κ3) is 5.71. The van der Waals surface area contributed by atoms with E-state index in [-0.39, 0.29) is 5.92 Å². The number of aliphatic carboxylic acids is 1. The highest BCUT2D eigenvalue weighted by molar-refractivity contribution is 5.71. The van der Waals surface area contributed by atoms with Crippen molar-refractivity contribution < 1.29 is 9.90 Å². The zero-order valence-corrected chi connectivity index (χ0v) is 7.66. The van der Waals surface area contributed by atoms with Gasteiger partial charge in [-0.3, -0.25) is 4.79 Å². The van der Waals surface area contributed by atoms with Crippen LogP contribution >= 0.6 is 0 Å². The number of rotatable bonds is 5. The molecule has 0 rings (SSSR count). The van der Waals surface area contributed by atoms with Gasteiger partial charge in [0, 0.05) is 0 Å². The van der Waals surface area contributed by atoms with Crippen molar-refractivity contribution in [2.75, 3.05) is 0 Å². The molecule has 0 aliphatic carbocycles. The van der Waals surface area contributed by atoms with Gasteiger partial charge in [0.2, 0.25) is 0 Å². The van der Waals surface area contributed by atoms with Crippen LogP contribution in [0.2, 0.25) is 0 Å². The summed E-state index contributed by atoms with van der Waals surface area (Å²) in [6, 6.07) is 0. The number of unbranched alkanes of at least 4 members (excludes halogenated alkanes) is 1. The Labute approximate surface area is 73.6 Å². The maximum Gasteiger partial charge on any atom is 0.310 e. The average Bonchev–Trinajstić information content (AvgIpc) is 2.03. The van der Waals surface area contributed by atoms with Crippen molar-refractivity contribution in [2.45, 2.75) is 26.7 Å². The van der Waals surface area contributed by atoms with Gasteiger partial charge in [-0.05, 0) is 26.7 Å². The first-order valence-electron chi connectivity index (χ1n) is 4.19. The maximum atomic E-state index is 10.4. The highest BCUT2D eigenvalue weighted by atomic mass is 16.4. The lowest BCUT2D eigenvalue weighted by molar-refractivity contribution is -0.139. The second kappa shape index (κ2) is 6.65. The largest absolute Gasteiger partial charge is 0.481 e. The van der Waals surface area contributed by atoms with Crippen LogP contribution in [0.5, 0.6) is 0 Å². The van der Waals surface area contributed by atoms with Crippen LogP contribution in [-0.2, 0) is 4.79 Å². The third-order valence-corrected chi connectivity index (χ3v) is 1.55. The molecule has 0 radical (unpaired) electrons. The summed E-state index contributed by atoms with van der Waals surface area (Å²) < 4.78 is 0. The minimum atomic E-state index is -0.766. The quantitative estimate of drug-likeness (QED) is 0.506. The van der Waals surface area contributed by atoms with E-state index in [2.05, 4.69) is 6.08 Å². The molecule has 0 heterocycles. The van der Waals surface area contributed by atoms with E-state index in [1.54, 1.807) is 13.0 Å². The lowest BCUT2D eigenvalue weighted by Crippen LogP contribution is -2.05. The van der Waals surface area contributed by atoms with Crippen molar-refractivity contribution in [3.8, 4) is 0 Å². The van der Waals surface area contributed by atoms with Crippen molar-refractivity contribution in [1.29, 1.82) is 0 Å². The van der Waals surface area contributed by atoms with Crippen LogP contribution in [0.1, 0.15) is 26.7 Å². The first-order chi connectivity index (χ1) is 5.68. The lowest BCUT2D eigenvalue weighted by atomic mass is 10.1. The molecule has 1 unspecified atom stereocenters. The predicted molar refractivity (Wildman–Crippen MR) is 50.0 cm³/mol. The van der Waals surface area contributed by atoms with Crippen molar-refractivity contribution in [2.24, 2.45) is 5.92 Å². The molecule has 2 nitrogen and oxygen atoms in total. The summed E-state index contributed by atoms with van der Waals surface area (Å²) in [6.07, 6.45) is 9.61. The molecule has 0 aliphatic rings. The summed E-state index contributed by atoms with van der Waals surface area (Å²) in [6.45, 7) is 3.65. The molecule has 0 amide bonds. The zero-order chi connectivity index (χ0) is 9.40. The standard InChI is InChI=1S/C10H16O2/c1-3-4-5-6-7-8-9(2)10(11)12/h3-4,7-9H,5-6H2,1-2H3,(H,11,12). The summed E-state index contributed by atoms with van der Waals surface area (Å²) in [7, 11) is 0. The second-order valence-electron chi connectivity index (χ2n) is 2.70. The Kier molecular flexibility index (Phi) is 6.07. The summed E-state index contributed by atoms with van der Waals surface area (Å²) >= 11 is 0. The molecule has 0 aromatic carbocycles. The van der Waals surface area contributed by atoms with Crippen molar-refractivity contribution >= 4 is 5.97 Å². The first kappa shape index (κ1) is 11.0. The predicted octanol–water partition coefficient (Wildman–Crippen LogP) is 2.62. The van der Waals surface area contributed by atoms with Crippen molar-refractivity contribution in [3.63, 3.8) is 0 Å². The molecule has 0 aliphatic heterocycles. The van der Waals surface area contributed by atoms with E-state index in [0.29, 0.717) is 0 Å². The molecule has 68 valence electrons. The van der Waals surface area contributed by atoms with Crippen LogP contribution in [0, 0.1) is 5.92 Å². The fourth-order valence-electron chi connectivity index (χ4n) is 0.742. The van der Waals surface area contributed by atoms with Crippen molar-refractivity contribution in [1.82, 2.24) is 0 Å². The molecule has 1 N–H and O–H groups in total. The molecule has 0 saturated heterocycles. The SMILES string of the molecule is CC=CCCC=CC(C)C(=O)O. The molecule has 2 heteroatoms. The summed E-state index contributed by atoms with van der Waals surface area (Å²) in [5.41, 5.74) is 0. The van der Waals surface area contributed by atoms with Gasteiger partial charge in [0.1, 0.15) is 0 Å². The van der Waals surface area contributed by atoms with Crippen LogP contribution in [0.15, 0.2) is 24.3 Å². The molecular weight excluding hydrogens is 152 g/mol. The fourth-order valence-corrected chi connectivity index (χ4v) is 0.742. The Balaban J connectivity index is 3.54. The number of hydrogen-bond donors (Lipinski definition) is 1. The molecule has 0 saturated carbocycles. The Morgan fingerprint density at radius 2 is 2.00 bits per heavy atom. The van der Waals surface area contributed by atoms with E-state index in [0.717, 1.165) is 12.8 Å². The number of carboxylic acids is 1. The lowest BCUT2D eigenvalue weighted by Gasteiger charge is -1.95. The molecule has 0 spiro atoms. The van der Waals surface area contributed by atoms with E-state index in [9.17, 15) is 4.79 Å². The summed E-state index contributed by atoms with van der Waals surface area (Å²) in [5.74, 6) is -1.13. The van der Waals surface area contributed by atoms with Gasteiger partial charge in [-0.2, -0.15) is 0 Å². The van der Waals surface area contributed by atoms with Gasteiger partial charge in [0.25, 0.3) is 0 Å². The maximum absolute atomic E-state index is 10.4. The summed E-state index contributed by atoms with van der Waals surface area (Å²) in [4.78, 5) is 10.4. The van der Waals surface area contributed by atoms with Gasteiger partial charge in [-0.25, -0.2) is 0 Å². The Hall–Kier alpha value is -1.05. The normalized spacial score (nSPS) is 14.2. The number of allylic oxidation sites excluding steroid dienone is 3. The van der Waals surface area contributed by atoms with Gasteiger partial charge in [0.05, 0.1) is 5.92 Å². The number of carbonyl (C=O) groups is 1.